The highest BCUT2D eigenvalue weighted by Gasteiger charge is 2.14. The Kier molecular flexibility index (Phi) is 4.24. The van der Waals surface area contributed by atoms with Gasteiger partial charge < -0.3 is 0 Å². The van der Waals surface area contributed by atoms with Gasteiger partial charge in [-0.15, -0.1) is 0 Å². The van der Waals surface area contributed by atoms with Crippen LogP contribution >= 0.6 is 0 Å². The highest BCUT2D eigenvalue weighted by atomic mass is 16.1. The number of pyridine rings is 2. The van der Waals surface area contributed by atoms with Crippen molar-refractivity contribution in [2.45, 2.75) is 20.8 Å². The van der Waals surface area contributed by atoms with Crippen LogP contribution in [0.5, 0.6) is 0 Å². The smallest absolute Gasteiger partial charge is 0.259 e. The number of nitrogens with zero attached hydrogens (tertiary/aromatic N) is 5. The summed E-state index contributed by atoms with van der Waals surface area (Å²) in [5.41, 5.74) is 2.62. The number of aryl methyl sites for hydroxylation is 3. The molecule has 1 N–H and O–H groups in total. The average Bonchev–Trinajstić information content (AvgIpc) is 2.55. The summed E-state index contributed by atoms with van der Waals surface area (Å²) in [7, 11) is 0. The minimum absolute atomic E-state index is 0.188. The topological polar surface area (TPSA) is 93.6 Å². The third-order valence-electron chi connectivity index (χ3n) is 3.34. The molecule has 0 saturated carbocycles. The van der Waals surface area contributed by atoms with Crippen LogP contribution in [0.1, 0.15) is 27.6 Å². The number of nitrogens with one attached hydrogen (secondary N) is 1. The number of amides is 1. The molecule has 0 aromatic carbocycles. The zero-order valence-electron chi connectivity index (χ0n) is 13.6. The van der Waals surface area contributed by atoms with Crippen LogP contribution in [0.15, 0.2) is 36.5 Å². The fraction of sp³-hybridized carbons (Fsp3) is 0.176. The molecule has 0 unspecified atom stereocenters. The average molecular weight is 320 g/mol. The Morgan fingerprint density at radius 2 is 1.79 bits per heavy atom. The number of hydrogen-bond donors (Lipinski definition) is 1. The fourth-order valence-corrected chi connectivity index (χ4v) is 2.24. The van der Waals surface area contributed by atoms with Gasteiger partial charge in [-0.05, 0) is 45.0 Å². The monoisotopic (exact) mass is 320 g/mol. The molecule has 0 radical (unpaired) electrons. The van der Waals surface area contributed by atoms with Crippen LogP contribution in [-0.2, 0) is 0 Å². The molecule has 0 spiro atoms. The number of rotatable bonds is 3. The van der Waals surface area contributed by atoms with Gasteiger partial charge in [0.1, 0.15) is 11.5 Å². The largest absolute Gasteiger partial charge is 0.290 e. The predicted molar refractivity (Wildman–Crippen MR) is 89.5 cm³/mol. The Balaban J connectivity index is 1.90. The Labute approximate surface area is 139 Å². The lowest BCUT2D eigenvalue weighted by Crippen LogP contribution is -2.17. The summed E-state index contributed by atoms with van der Waals surface area (Å²) in [6, 6.07) is 8.99. The summed E-state index contributed by atoms with van der Waals surface area (Å²) in [6.45, 7) is 5.41. The lowest BCUT2D eigenvalue weighted by atomic mass is 10.2. The zero-order chi connectivity index (χ0) is 17.1. The van der Waals surface area contributed by atoms with E-state index < -0.39 is 0 Å². The van der Waals surface area contributed by atoms with E-state index in [0.717, 1.165) is 5.69 Å². The van der Waals surface area contributed by atoms with E-state index >= 15 is 0 Å². The minimum atomic E-state index is -0.308. The van der Waals surface area contributed by atoms with Crippen molar-refractivity contribution < 1.29 is 4.79 Å². The minimum Gasteiger partial charge on any atom is -0.290 e. The van der Waals surface area contributed by atoms with E-state index in [1.54, 1.807) is 38.2 Å². The van der Waals surface area contributed by atoms with E-state index in [2.05, 4.69) is 30.2 Å². The van der Waals surface area contributed by atoms with Gasteiger partial charge >= 0.3 is 0 Å². The molecule has 7 nitrogen and oxygen atoms in total. The molecule has 3 aromatic heterocycles. The normalized spacial score (nSPS) is 10.5. The van der Waals surface area contributed by atoms with E-state index in [0.29, 0.717) is 28.6 Å². The van der Waals surface area contributed by atoms with Crippen LogP contribution in [0, 0.1) is 20.8 Å². The lowest BCUT2D eigenvalue weighted by molar-refractivity contribution is 0.102. The summed E-state index contributed by atoms with van der Waals surface area (Å²) in [5, 5.41) is 2.70. The van der Waals surface area contributed by atoms with Gasteiger partial charge in [0.05, 0.1) is 11.3 Å². The first-order valence-corrected chi connectivity index (χ1v) is 7.42. The van der Waals surface area contributed by atoms with Gasteiger partial charge in [0.2, 0.25) is 5.95 Å². The standard InChI is InChI=1S/C17H16N6O/c1-10-7-8-13(11(2)19-10)16(24)23-17-21-12(3)20-15(22-17)14-6-4-5-9-18-14/h4-9H,1-3H3,(H,20,21,22,23,24). The van der Waals surface area contributed by atoms with Gasteiger partial charge in [-0.1, -0.05) is 6.07 Å². The summed E-state index contributed by atoms with van der Waals surface area (Å²) in [4.78, 5) is 33.7. The molecule has 120 valence electrons. The van der Waals surface area contributed by atoms with Crippen LogP contribution in [-0.4, -0.2) is 30.8 Å². The summed E-state index contributed by atoms with van der Waals surface area (Å²) < 4.78 is 0. The fourth-order valence-electron chi connectivity index (χ4n) is 2.24. The van der Waals surface area contributed by atoms with Crippen molar-refractivity contribution in [2.24, 2.45) is 0 Å². The van der Waals surface area contributed by atoms with Gasteiger partial charge in [0, 0.05) is 11.9 Å². The number of hydrogen-bond acceptors (Lipinski definition) is 6. The molecule has 0 aliphatic carbocycles. The third kappa shape index (κ3) is 3.40. The van der Waals surface area contributed by atoms with Crippen molar-refractivity contribution in [2.75, 3.05) is 5.32 Å². The maximum absolute atomic E-state index is 12.4. The molecule has 7 heteroatoms. The van der Waals surface area contributed by atoms with Crippen LogP contribution in [0.3, 0.4) is 0 Å². The van der Waals surface area contributed by atoms with Crippen molar-refractivity contribution in [3.05, 3.63) is 59.3 Å². The Bertz CT molecular complexity index is 895. The number of carbonyl (C=O) groups is 1. The molecule has 3 rings (SSSR count). The van der Waals surface area contributed by atoms with E-state index in [-0.39, 0.29) is 11.9 Å². The summed E-state index contributed by atoms with van der Waals surface area (Å²) in [5.74, 6) is 0.794. The van der Waals surface area contributed by atoms with Crippen molar-refractivity contribution >= 4 is 11.9 Å². The van der Waals surface area contributed by atoms with E-state index in [1.807, 2.05) is 19.1 Å². The first-order chi connectivity index (χ1) is 11.5. The SMILES string of the molecule is Cc1ccc(C(=O)Nc2nc(C)nc(-c3ccccn3)n2)c(C)n1. The predicted octanol–water partition coefficient (Wildman–Crippen LogP) is 2.51. The highest BCUT2D eigenvalue weighted by Crippen LogP contribution is 2.14. The number of carbonyl (C=O) groups excluding carboxylic acids is 1. The van der Waals surface area contributed by atoms with Gasteiger partial charge in [-0.25, -0.2) is 4.98 Å². The van der Waals surface area contributed by atoms with E-state index in [9.17, 15) is 4.79 Å². The lowest BCUT2D eigenvalue weighted by Gasteiger charge is -2.08. The van der Waals surface area contributed by atoms with Crippen molar-refractivity contribution in [1.29, 1.82) is 0 Å². The van der Waals surface area contributed by atoms with E-state index in [4.69, 9.17) is 0 Å². The number of aromatic nitrogens is 5. The molecule has 0 fully saturated rings. The molecule has 24 heavy (non-hydrogen) atoms. The molecule has 3 heterocycles. The summed E-state index contributed by atoms with van der Waals surface area (Å²) in [6.07, 6.45) is 1.66. The third-order valence-corrected chi connectivity index (χ3v) is 3.34. The van der Waals surface area contributed by atoms with Gasteiger partial charge in [0.25, 0.3) is 5.91 Å². The molecule has 3 aromatic rings. The Morgan fingerprint density at radius 3 is 2.50 bits per heavy atom. The van der Waals surface area contributed by atoms with Crippen molar-refractivity contribution in [3.8, 4) is 11.5 Å². The quantitative estimate of drug-likeness (QED) is 0.797. The van der Waals surface area contributed by atoms with Gasteiger partial charge in [-0.2, -0.15) is 9.97 Å². The first-order valence-electron chi connectivity index (χ1n) is 7.42. The molecular formula is C17H16N6O. The Morgan fingerprint density at radius 1 is 0.958 bits per heavy atom. The second-order valence-corrected chi connectivity index (χ2v) is 5.28. The molecule has 0 saturated heterocycles. The van der Waals surface area contributed by atoms with Gasteiger partial charge in [0.15, 0.2) is 5.82 Å². The molecule has 0 aliphatic heterocycles. The Hall–Kier alpha value is -3.22. The highest BCUT2D eigenvalue weighted by molar-refractivity contribution is 6.04. The first kappa shape index (κ1) is 15.7. The second kappa shape index (κ2) is 6.49. The maximum atomic E-state index is 12.4. The van der Waals surface area contributed by atoms with Gasteiger partial charge in [-0.3, -0.25) is 20.1 Å². The molecule has 0 atom stereocenters. The molecule has 0 bridgehead atoms. The van der Waals surface area contributed by atoms with E-state index in [1.165, 1.54) is 0 Å². The van der Waals surface area contributed by atoms with Crippen molar-refractivity contribution in [1.82, 2.24) is 24.9 Å². The second-order valence-electron chi connectivity index (χ2n) is 5.28. The summed E-state index contributed by atoms with van der Waals surface area (Å²) >= 11 is 0. The zero-order valence-corrected chi connectivity index (χ0v) is 13.6. The van der Waals surface area contributed by atoms with Crippen LogP contribution in [0.2, 0.25) is 0 Å². The molecular weight excluding hydrogens is 304 g/mol. The molecule has 1 amide bonds. The maximum Gasteiger partial charge on any atom is 0.259 e. The van der Waals surface area contributed by atoms with Crippen LogP contribution in [0.25, 0.3) is 11.5 Å². The van der Waals surface area contributed by atoms with Crippen molar-refractivity contribution in [3.63, 3.8) is 0 Å². The van der Waals surface area contributed by atoms with Crippen LogP contribution in [0.4, 0.5) is 5.95 Å². The molecule has 0 aliphatic rings. The van der Waals surface area contributed by atoms with Crippen LogP contribution < -0.4 is 5.32 Å². The number of anilines is 1.